The highest BCUT2D eigenvalue weighted by Gasteiger charge is 2.18. The van der Waals surface area contributed by atoms with Gasteiger partial charge >= 0.3 is 5.97 Å². The third-order valence-electron chi connectivity index (χ3n) is 4.28. The lowest BCUT2D eigenvalue weighted by Crippen LogP contribution is -2.09. The van der Waals surface area contributed by atoms with Crippen LogP contribution in [0.4, 0.5) is 0 Å². The average molecular weight is 363 g/mol. The van der Waals surface area contributed by atoms with Crippen LogP contribution in [0.25, 0.3) is 22.0 Å². The maximum atomic E-state index is 12.5. The van der Waals surface area contributed by atoms with Crippen molar-refractivity contribution < 1.29 is 19.4 Å². The summed E-state index contributed by atoms with van der Waals surface area (Å²) in [4.78, 5) is 28.4. The minimum Gasteiger partial charge on any atom is -0.506 e. The number of pyridine rings is 1. The number of nitrogens with zero attached hydrogens (tertiary/aromatic N) is 1. The first kappa shape index (κ1) is 18.6. The molecule has 5 heteroatoms. The Hall–Kier alpha value is -3.21. The van der Waals surface area contributed by atoms with Crippen molar-refractivity contribution in [2.75, 3.05) is 6.61 Å². The Labute approximate surface area is 157 Å². The molecule has 0 bridgehead atoms. The number of aryl methyl sites for hydroxylation is 1. The molecule has 0 aliphatic heterocycles. The molecule has 0 saturated carbocycles. The van der Waals surface area contributed by atoms with Crippen LogP contribution in [-0.2, 0) is 9.53 Å². The second-order valence-electron chi connectivity index (χ2n) is 6.33. The van der Waals surface area contributed by atoms with Crippen molar-refractivity contribution in [2.24, 2.45) is 0 Å². The molecule has 27 heavy (non-hydrogen) atoms. The smallest absolute Gasteiger partial charge is 0.306 e. The first-order valence-corrected chi connectivity index (χ1v) is 8.88. The van der Waals surface area contributed by atoms with Gasteiger partial charge in [0, 0.05) is 17.4 Å². The molecule has 0 unspecified atom stereocenters. The van der Waals surface area contributed by atoms with Gasteiger partial charge in [0.25, 0.3) is 0 Å². The van der Waals surface area contributed by atoms with E-state index in [4.69, 9.17) is 4.74 Å². The molecule has 3 aromatic rings. The molecule has 2 aromatic carbocycles. The fourth-order valence-electron chi connectivity index (χ4n) is 3.01. The molecule has 0 spiro atoms. The SMILES string of the molecule is CCOC(=O)CCC(=O)c1nc2c(-c3cccc(C)c3)cccc2cc1O. The van der Waals surface area contributed by atoms with E-state index in [1.165, 1.54) is 0 Å². The maximum absolute atomic E-state index is 12.5. The molecule has 1 heterocycles. The Balaban J connectivity index is 2.00. The molecule has 1 N–H and O–H groups in total. The molecule has 0 aliphatic rings. The second kappa shape index (κ2) is 7.99. The molecule has 1 aromatic heterocycles. The number of carbonyl (C=O) groups is 2. The van der Waals surface area contributed by atoms with Gasteiger partial charge in [-0.05, 0) is 25.5 Å². The zero-order valence-corrected chi connectivity index (χ0v) is 15.4. The van der Waals surface area contributed by atoms with E-state index < -0.39 is 5.97 Å². The van der Waals surface area contributed by atoms with Gasteiger partial charge in [0.15, 0.2) is 5.78 Å². The van der Waals surface area contributed by atoms with Crippen LogP contribution in [0.15, 0.2) is 48.5 Å². The van der Waals surface area contributed by atoms with Crippen molar-refractivity contribution in [3.63, 3.8) is 0 Å². The molecular weight excluding hydrogens is 342 g/mol. The van der Waals surface area contributed by atoms with Gasteiger partial charge in [-0.15, -0.1) is 0 Å². The monoisotopic (exact) mass is 363 g/mol. The van der Waals surface area contributed by atoms with Crippen LogP contribution in [-0.4, -0.2) is 28.4 Å². The molecule has 138 valence electrons. The number of esters is 1. The summed E-state index contributed by atoms with van der Waals surface area (Å²) >= 11 is 0. The van der Waals surface area contributed by atoms with Gasteiger partial charge in [0.05, 0.1) is 18.5 Å². The molecule has 0 amide bonds. The minimum atomic E-state index is -0.438. The number of ketones is 1. The van der Waals surface area contributed by atoms with Crippen LogP contribution in [0.2, 0.25) is 0 Å². The lowest BCUT2D eigenvalue weighted by Gasteiger charge is -2.10. The zero-order valence-electron chi connectivity index (χ0n) is 15.4. The molecule has 0 fully saturated rings. The van der Waals surface area contributed by atoms with Crippen LogP contribution in [0.1, 0.15) is 35.8 Å². The van der Waals surface area contributed by atoms with E-state index in [1.54, 1.807) is 13.0 Å². The lowest BCUT2D eigenvalue weighted by atomic mass is 9.99. The Morgan fingerprint density at radius 2 is 1.85 bits per heavy atom. The summed E-state index contributed by atoms with van der Waals surface area (Å²) in [6, 6.07) is 15.2. The molecule has 0 atom stereocenters. The average Bonchev–Trinajstić information content (AvgIpc) is 2.65. The summed E-state index contributed by atoms with van der Waals surface area (Å²) in [5.74, 6) is -1.01. The topological polar surface area (TPSA) is 76.5 Å². The van der Waals surface area contributed by atoms with Crippen molar-refractivity contribution >= 4 is 22.7 Å². The highest BCUT2D eigenvalue weighted by atomic mass is 16.5. The van der Waals surface area contributed by atoms with Crippen LogP contribution in [0, 0.1) is 6.92 Å². The van der Waals surface area contributed by atoms with Crippen LogP contribution >= 0.6 is 0 Å². The largest absolute Gasteiger partial charge is 0.506 e. The first-order chi connectivity index (χ1) is 13.0. The Morgan fingerprint density at radius 1 is 1.07 bits per heavy atom. The fourth-order valence-corrected chi connectivity index (χ4v) is 3.01. The van der Waals surface area contributed by atoms with Gasteiger partial charge in [0.1, 0.15) is 11.4 Å². The number of hydrogen-bond donors (Lipinski definition) is 1. The molecule has 0 aliphatic carbocycles. The molecule has 3 rings (SSSR count). The number of carbonyl (C=O) groups excluding carboxylic acids is 2. The second-order valence-corrected chi connectivity index (χ2v) is 6.33. The number of aromatic hydroxyl groups is 1. The molecule has 5 nitrogen and oxygen atoms in total. The third-order valence-corrected chi connectivity index (χ3v) is 4.28. The summed E-state index contributed by atoms with van der Waals surface area (Å²) < 4.78 is 4.84. The van der Waals surface area contributed by atoms with E-state index in [-0.39, 0.29) is 36.7 Å². The van der Waals surface area contributed by atoms with E-state index in [0.717, 1.165) is 22.1 Å². The Bertz CT molecular complexity index is 1010. The number of Topliss-reactive ketones (excluding diaryl/α,β-unsaturated/α-hetero) is 1. The van der Waals surface area contributed by atoms with Crippen molar-refractivity contribution in [1.29, 1.82) is 0 Å². The van der Waals surface area contributed by atoms with E-state index in [1.807, 2.05) is 49.4 Å². The standard InChI is InChI=1S/C22H21NO4/c1-3-27-20(26)11-10-18(24)22-19(25)13-16-8-5-9-17(21(16)23-22)15-7-4-6-14(2)12-15/h4-9,12-13,25H,3,10-11H2,1-2H3. The zero-order chi connectivity index (χ0) is 19.4. The van der Waals surface area contributed by atoms with E-state index >= 15 is 0 Å². The number of rotatable bonds is 6. The van der Waals surface area contributed by atoms with E-state index in [0.29, 0.717) is 5.52 Å². The number of fused-ring (bicyclic) bond motifs is 1. The van der Waals surface area contributed by atoms with E-state index in [9.17, 15) is 14.7 Å². The van der Waals surface area contributed by atoms with Gasteiger partial charge in [0.2, 0.25) is 0 Å². The number of hydrogen-bond acceptors (Lipinski definition) is 5. The lowest BCUT2D eigenvalue weighted by molar-refractivity contribution is -0.143. The van der Waals surface area contributed by atoms with Crippen molar-refractivity contribution in [1.82, 2.24) is 4.98 Å². The fraction of sp³-hybridized carbons (Fsp3) is 0.227. The number of para-hydroxylation sites is 1. The molecule has 0 radical (unpaired) electrons. The molecule has 0 saturated heterocycles. The quantitative estimate of drug-likeness (QED) is 0.517. The van der Waals surface area contributed by atoms with Crippen molar-refractivity contribution in [3.05, 3.63) is 59.8 Å². The summed E-state index contributed by atoms with van der Waals surface area (Å²) in [5.41, 5.74) is 3.61. The third kappa shape index (κ3) is 4.14. The number of ether oxygens (including phenoxy) is 1. The predicted molar refractivity (Wildman–Crippen MR) is 104 cm³/mol. The number of aromatic nitrogens is 1. The van der Waals surface area contributed by atoms with Crippen LogP contribution < -0.4 is 0 Å². The van der Waals surface area contributed by atoms with Crippen molar-refractivity contribution in [3.8, 4) is 16.9 Å². The highest BCUT2D eigenvalue weighted by molar-refractivity contribution is 6.02. The Kier molecular flexibility index (Phi) is 5.50. The number of benzene rings is 2. The van der Waals surface area contributed by atoms with Gasteiger partial charge in [-0.3, -0.25) is 9.59 Å². The predicted octanol–water partition coefficient (Wildman–Crippen LogP) is 4.44. The van der Waals surface area contributed by atoms with Gasteiger partial charge in [-0.1, -0.05) is 48.0 Å². The normalized spacial score (nSPS) is 10.7. The van der Waals surface area contributed by atoms with Gasteiger partial charge in [-0.25, -0.2) is 4.98 Å². The Morgan fingerprint density at radius 3 is 2.59 bits per heavy atom. The summed E-state index contributed by atoms with van der Waals surface area (Å²) in [6.07, 6.45) is -0.0944. The highest BCUT2D eigenvalue weighted by Crippen LogP contribution is 2.31. The van der Waals surface area contributed by atoms with Gasteiger partial charge in [-0.2, -0.15) is 0 Å². The summed E-state index contributed by atoms with van der Waals surface area (Å²) in [6.45, 7) is 3.99. The van der Waals surface area contributed by atoms with Crippen molar-refractivity contribution in [2.45, 2.75) is 26.7 Å². The maximum Gasteiger partial charge on any atom is 0.306 e. The first-order valence-electron chi connectivity index (χ1n) is 8.88. The molecular formula is C22H21NO4. The summed E-state index contributed by atoms with van der Waals surface area (Å²) in [7, 11) is 0. The minimum absolute atomic E-state index is 0.0214. The van der Waals surface area contributed by atoms with E-state index in [2.05, 4.69) is 4.98 Å². The summed E-state index contributed by atoms with van der Waals surface area (Å²) in [5, 5.41) is 11.0. The van der Waals surface area contributed by atoms with Crippen LogP contribution in [0.3, 0.4) is 0 Å². The van der Waals surface area contributed by atoms with Crippen LogP contribution in [0.5, 0.6) is 5.75 Å². The van der Waals surface area contributed by atoms with Gasteiger partial charge < -0.3 is 9.84 Å².